The van der Waals surface area contributed by atoms with Crippen LogP contribution in [-0.4, -0.2) is 19.3 Å². The van der Waals surface area contributed by atoms with Gasteiger partial charge in [-0.2, -0.15) is 5.10 Å². The van der Waals surface area contributed by atoms with E-state index < -0.39 is 0 Å². The van der Waals surface area contributed by atoms with Crippen LogP contribution in [0.2, 0.25) is 0 Å². The van der Waals surface area contributed by atoms with Crippen molar-refractivity contribution in [3.05, 3.63) is 71.3 Å². The number of benzene rings is 2. The molecule has 2 aromatic heterocycles. The first kappa shape index (κ1) is 21.4. The third-order valence-corrected chi connectivity index (χ3v) is 6.07. The van der Waals surface area contributed by atoms with E-state index in [2.05, 4.69) is 102 Å². The SMILES string of the molecule is Cn1cc(-c2ccccc2C(C)(C)C)nc1Cc1nn(C)c2cccc(C(C)(C)C)c12. The summed E-state index contributed by atoms with van der Waals surface area (Å²) in [4.78, 5) is 5.07. The van der Waals surface area contributed by atoms with E-state index in [9.17, 15) is 0 Å². The van der Waals surface area contributed by atoms with Crippen molar-refractivity contribution >= 4 is 10.9 Å². The fourth-order valence-electron chi connectivity index (χ4n) is 4.46. The largest absolute Gasteiger partial charge is 0.337 e. The predicted molar refractivity (Wildman–Crippen MR) is 130 cm³/mol. The molecule has 0 bridgehead atoms. The van der Waals surface area contributed by atoms with E-state index >= 15 is 0 Å². The van der Waals surface area contributed by atoms with E-state index in [1.54, 1.807) is 0 Å². The predicted octanol–water partition coefficient (Wildman–Crippen LogP) is 6.16. The van der Waals surface area contributed by atoms with Crippen molar-refractivity contribution in [3.8, 4) is 11.3 Å². The lowest BCUT2D eigenvalue weighted by Gasteiger charge is -2.22. The van der Waals surface area contributed by atoms with Crippen LogP contribution in [0.3, 0.4) is 0 Å². The first-order chi connectivity index (χ1) is 14.5. The normalized spacial score (nSPS) is 12.6. The summed E-state index contributed by atoms with van der Waals surface area (Å²) in [5, 5.41) is 6.16. The highest BCUT2D eigenvalue weighted by molar-refractivity contribution is 5.86. The summed E-state index contributed by atoms with van der Waals surface area (Å²) in [5.74, 6) is 1.03. The molecular formula is C27H34N4. The minimum Gasteiger partial charge on any atom is -0.337 e. The molecule has 0 saturated heterocycles. The van der Waals surface area contributed by atoms with Gasteiger partial charge < -0.3 is 4.57 Å². The molecule has 0 saturated carbocycles. The molecule has 0 atom stereocenters. The van der Waals surface area contributed by atoms with Crippen molar-refractivity contribution in [1.82, 2.24) is 19.3 Å². The molecule has 4 heteroatoms. The van der Waals surface area contributed by atoms with E-state index in [0.717, 1.165) is 17.2 Å². The standard InChI is InChI=1S/C27H34N4/c1-26(2,3)19-13-10-9-12-18(19)22-17-30(7)24(28-22)16-21-25-20(27(4,5)6)14-11-15-23(25)31(8)29-21/h9-15,17H,16H2,1-8H3. The lowest BCUT2D eigenvalue weighted by atomic mass is 9.83. The van der Waals surface area contributed by atoms with Gasteiger partial charge in [0.25, 0.3) is 0 Å². The Labute approximate surface area is 185 Å². The van der Waals surface area contributed by atoms with Gasteiger partial charge in [-0.3, -0.25) is 4.68 Å². The van der Waals surface area contributed by atoms with Crippen molar-refractivity contribution < 1.29 is 0 Å². The number of hydrogen-bond donors (Lipinski definition) is 0. The second-order valence-electron chi connectivity index (χ2n) is 10.6. The highest BCUT2D eigenvalue weighted by Crippen LogP contribution is 2.34. The van der Waals surface area contributed by atoms with Crippen molar-refractivity contribution in [2.75, 3.05) is 0 Å². The summed E-state index contributed by atoms with van der Waals surface area (Å²) in [6.07, 6.45) is 2.86. The van der Waals surface area contributed by atoms with Crippen LogP contribution < -0.4 is 0 Å². The van der Waals surface area contributed by atoms with Crippen molar-refractivity contribution in [1.29, 1.82) is 0 Å². The maximum atomic E-state index is 5.07. The molecule has 0 amide bonds. The van der Waals surface area contributed by atoms with Gasteiger partial charge >= 0.3 is 0 Å². The molecule has 0 aliphatic rings. The van der Waals surface area contributed by atoms with E-state index in [0.29, 0.717) is 6.42 Å². The van der Waals surface area contributed by atoms with Gasteiger partial charge in [0, 0.05) is 31.2 Å². The minimum atomic E-state index is 0.0513. The first-order valence-electron chi connectivity index (χ1n) is 11.0. The monoisotopic (exact) mass is 414 g/mol. The molecule has 31 heavy (non-hydrogen) atoms. The zero-order chi connectivity index (χ0) is 22.6. The van der Waals surface area contributed by atoms with Gasteiger partial charge in [-0.1, -0.05) is 77.9 Å². The summed E-state index contributed by atoms with van der Waals surface area (Å²) in [5.41, 5.74) is 7.27. The number of fused-ring (bicyclic) bond motifs is 1. The number of hydrogen-bond acceptors (Lipinski definition) is 2. The van der Waals surface area contributed by atoms with Crippen LogP contribution in [0.4, 0.5) is 0 Å². The van der Waals surface area contributed by atoms with Gasteiger partial charge in [-0.25, -0.2) is 4.98 Å². The Morgan fingerprint density at radius 2 is 1.45 bits per heavy atom. The third-order valence-electron chi connectivity index (χ3n) is 6.07. The number of nitrogens with zero attached hydrogens (tertiary/aromatic N) is 4. The van der Waals surface area contributed by atoms with E-state index in [4.69, 9.17) is 10.1 Å². The molecule has 0 spiro atoms. The van der Waals surface area contributed by atoms with Crippen molar-refractivity contribution in [2.45, 2.75) is 58.8 Å². The molecule has 4 aromatic rings. The van der Waals surface area contributed by atoms with E-state index in [1.807, 2.05) is 11.7 Å². The van der Waals surface area contributed by atoms with Gasteiger partial charge in [0.15, 0.2) is 0 Å². The summed E-state index contributed by atoms with van der Waals surface area (Å²) < 4.78 is 4.15. The summed E-state index contributed by atoms with van der Waals surface area (Å²) in [6, 6.07) is 15.1. The van der Waals surface area contributed by atoms with Gasteiger partial charge in [-0.15, -0.1) is 0 Å². The number of aromatic nitrogens is 4. The Morgan fingerprint density at radius 1 is 0.806 bits per heavy atom. The van der Waals surface area contributed by atoms with E-state index in [1.165, 1.54) is 27.6 Å². The average Bonchev–Trinajstić information content (AvgIpc) is 3.21. The fraction of sp³-hybridized carbons (Fsp3) is 0.407. The number of imidazole rings is 1. The lowest BCUT2D eigenvalue weighted by Crippen LogP contribution is -2.12. The van der Waals surface area contributed by atoms with Gasteiger partial charge in [0.05, 0.1) is 23.3 Å². The summed E-state index contributed by atoms with van der Waals surface area (Å²) in [6.45, 7) is 13.6. The maximum absolute atomic E-state index is 5.07. The smallest absolute Gasteiger partial charge is 0.115 e. The van der Waals surface area contributed by atoms with Gasteiger partial charge in [0.1, 0.15) is 5.82 Å². The first-order valence-corrected chi connectivity index (χ1v) is 11.0. The Bertz CT molecular complexity index is 1240. The average molecular weight is 415 g/mol. The Hall–Kier alpha value is -2.88. The van der Waals surface area contributed by atoms with Crippen molar-refractivity contribution in [2.24, 2.45) is 14.1 Å². The molecule has 2 aromatic carbocycles. The molecule has 0 radical (unpaired) electrons. The van der Waals surface area contributed by atoms with E-state index in [-0.39, 0.29) is 10.8 Å². The molecule has 162 valence electrons. The molecule has 0 aliphatic heterocycles. The van der Waals surface area contributed by atoms with Crippen LogP contribution in [0.1, 0.15) is 64.2 Å². The zero-order valence-electron chi connectivity index (χ0n) is 20.1. The number of aryl methyl sites for hydroxylation is 2. The highest BCUT2D eigenvalue weighted by atomic mass is 15.3. The van der Waals surface area contributed by atoms with Crippen molar-refractivity contribution in [3.63, 3.8) is 0 Å². The van der Waals surface area contributed by atoms with Crippen LogP contribution in [0.25, 0.3) is 22.2 Å². The third kappa shape index (κ3) is 3.91. The van der Waals surface area contributed by atoms with Gasteiger partial charge in [0.2, 0.25) is 0 Å². The van der Waals surface area contributed by atoms with Crippen LogP contribution >= 0.6 is 0 Å². The molecule has 0 fully saturated rings. The van der Waals surface area contributed by atoms with Crippen LogP contribution in [0, 0.1) is 0 Å². The van der Waals surface area contributed by atoms with Crippen LogP contribution in [0.15, 0.2) is 48.7 Å². The molecule has 2 heterocycles. The molecule has 4 nitrogen and oxygen atoms in total. The summed E-state index contributed by atoms with van der Waals surface area (Å²) in [7, 11) is 4.11. The fourth-order valence-corrected chi connectivity index (χ4v) is 4.46. The Balaban J connectivity index is 1.81. The molecular weight excluding hydrogens is 380 g/mol. The Morgan fingerprint density at radius 3 is 2.13 bits per heavy atom. The maximum Gasteiger partial charge on any atom is 0.115 e. The van der Waals surface area contributed by atoms with Gasteiger partial charge in [-0.05, 0) is 28.0 Å². The quantitative estimate of drug-likeness (QED) is 0.402. The Kier molecular flexibility index (Phi) is 5.07. The summed E-state index contributed by atoms with van der Waals surface area (Å²) >= 11 is 0. The van der Waals surface area contributed by atoms with Crippen LogP contribution in [-0.2, 0) is 31.3 Å². The molecule has 4 rings (SSSR count). The second-order valence-corrected chi connectivity index (χ2v) is 10.6. The molecule has 0 unspecified atom stereocenters. The van der Waals surface area contributed by atoms with Crippen LogP contribution in [0.5, 0.6) is 0 Å². The lowest BCUT2D eigenvalue weighted by molar-refractivity contribution is 0.592. The highest BCUT2D eigenvalue weighted by Gasteiger charge is 2.23. The number of rotatable bonds is 3. The minimum absolute atomic E-state index is 0.0513. The molecule has 0 N–H and O–H groups in total. The molecule has 0 aliphatic carbocycles. The zero-order valence-corrected chi connectivity index (χ0v) is 20.1. The topological polar surface area (TPSA) is 35.6 Å². The second kappa shape index (κ2) is 7.37.